The third-order valence-electron chi connectivity index (χ3n) is 4.35. The molecule has 0 aromatic heterocycles. The fourth-order valence-electron chi connectivity index (χ4n) is 3.48. The van der Waals surface area contributed by atoms with E-state index in [2.05, 4.69) is 66.5 Å². The van der Waals surface area contributed by atoms with Crippen LogP contribution in [0.1, 0.15) is 32.3 Å². The second kappa shape index (κ2) is 6.59. The van der Waals surface area contributed by atoms with E-state index < -0.39 is 0 Å². The van der Waals surface area contributed by atoms with Gasteiger partial charge in [0.05, 0.1) is 0 Å². The summed E-state index contributed by atoms with van der Waals surface area (Å²) in [5.41, 5.74) is 1.46. The van der Waals surface area contributed by atoms with Crippen molar-refractivity contribution in [2.24, 2.45) is 0 Å². The minimum Gasteiger partial charge on any atom is -0.311 e. The summed E-state index contributed by atoms with van der Waals surface area (Å²) < 4.78 is 0. The number of nitrogens with zero attached hydrogens (tertiary/aromatic N) is 1. The number of fused-ring (bicyclic) bond motifs is 1. The maximum absolute atomic E-state index is 3.69. The Labute approximate surface area is 128 Å². The van der Waals surface area contributed by atoms with Crippen LogP contribution in [-0.4, -0.2) is 30.1 Å². The standard InChI is InChI=1S/C19H26N2/c1-15(2)20-18-10-6-12-21(14-18)13-17-9-5-8-16-7-3-4-11-19(16)17/h3-5,7-9,11,15,18,20H,6,10,12-14H2,1-2H3. The lowest BCUT2D eigenvalue weighted by atomic mass is 10.0. The van der Waals surface area contributed by atoms with Crippen LogP contribution in [0, 0.1) is 0 Å². The van der Waals surface area contributed by atoms with Crippen molar-refractivity contribution in [3.63, 3.8) is 0 Å². The highest BCUT2D eigenvalue weighted by Crippen LogP contribution is 2.21. The smallest absolute Gasteiger partial charge is 0.0240 e. The van der Waals surface area contributed by atoms with Gasteiger partial charge < -0.3 is 5.32 Å². The molecule has 1 fully saturated rings. The van der Waals surface area contributed by atoms with E-state index in [0.717, 1.165) is 6.54 Å². The molecule has 0 radical (unpaired) electrons. The zero-order valence-corrected chi connectivity index (χ0v) is 13.2. The fraction of sp³-hybridized carbons (Fsp3) is 0.474. The summed E-state index contributed by atoms with van der Waals surface area (Å²) in [6, 6.07) is 16.6. The summed E-state index contributed by atoms with van der Waals surface area (Å²) in [6.07, 6.45) is 2.61. The van der Waals surface area contributed by atoms with Crippen molar-refractivity contribution in [2.75, 3.05) is 13.1 Å². The lowest BCUT2D eigenvalue weighted by molar-refractivity contribution is 0.179. The second-order valence-corrected chi connectivity index (χ2v) is 6.53. The fourth-order valence-corrected chi connectivity index (χ4v) is 3.48. The molecular formula is C19H26N2. The first-order valence-corrected chi connectivity index (χ1v) is 8.17. The Balaban J connectivity index is 1.73. The topological polar surface area (TPSA) is 15.3 Å². The third kappa shape index (κ3) is 3.63. The van der Waals surface area contributed by atoms with Gasteiger partial charge in [-0.25, -0.2) is 0 Å². The Bertz CT molecular complexity index is 586. The summed E-state index contributed by atoms with van der Waals surface area (Å²) in [7, 11) is 0. The van der Waals surface area contributed by atoms with E-state index in [9.17, 15) is 0 Å². The number of benzene rings is 2. The van der Waals surface area contributed by atoms with E-state index in [4.69, 9.17) is 0 Å². The summed E-state index contributed by atoms with van der Waals surface area (Å²) in [4.78, 5) is 2.60. The van der Waals surface area contributed by atoms with Crippen LogP contribution in [0.4, 0.5) is 0 Å². The molecule has 3 rings (SSSR count). The van der Waals surface area contributed by atoms with Gasteiger partial charge in [0.15, 0.2) is 0 Å². The normalized spacial score (nSPS) is 20.2. The number of rotatable bonds is 4. The molecule has 0 saturated carbocycles. The molecule has 0 aliphatic carbocycles. The molecule has 2 aromatic rings. The number of hydrogen-bond donors (Lipinski definition) is 1. The first-order chi connectivity index (χ1) is 10.2. The van der Waals surface area contributed by atoms with Crippen LogP contribution >= 0.6 is 0 Å². The summed E-state index contributed by atoms with van der Waals surface area (Å²) in [6.45, 7) is 7.94. The van der Waals surface area contributed by atoms with Gasteiger partial charge in [0.1, 0.15) is 0 Å². The van der Waals surface area contributed by atoms with E-state index in [1.165, 1.54) is 42.3 Å². The Hall–Kier alpha value is -1.38. The first-order valence-electron chi connectivity index (χ1n) is 8.17. The molecule has 0 spiro atoms. The molecule has 112 valence electrons. The average Bonchev–Trinajstić information content (AvgIpc) is 2.47. The zero-order chi connectivity index (χ0) is 14.7. The van der Waals surface area contributed by atoms with Gasteiger partial charge in [-0.2, -0.15) is 0 Å². The van der Waals surface area contributed by atoms with Gasteiger partial charge in [-0.05, 0) is 35.7 Å². The van der Waals surface area contributed by atoms with Gasteiger partial charge in [-0.3, -0.25) is 4.90 Å². The minimum atomic E-state index is 0.576. The lowest BCUT2D eigenvalue weighted by Crippen LogP contribution is -2.47. The SMILES string of the molecule is CC(C)NC1CCCN(Cc2cccc3ccccc23)C1. The van der Waals surface area contributed by atoms with Crippen LogP contribution in [0.15, 0.2) is 42.5 Å². The van der Waals surface area contributed by atoms with Crippen LogP contribution in [0.2, 0.25) is 0 Å². The molecule has 1 atom stereocenters. The van der Waals surface area contributed by atoms with E-state index >= 15 is 0 Å². The highest BCUT2D eigenvalue weighted by molar-refractivity contribution is 5.85. The monoisotopic (exact) mass is 282 g/mol. The molecule has 1 heterocycles. The van der Waals surface area contributed by atoms with Crippen LogP contribution in [-0.2, 0) is 6.54 Å². The Morgan fingerprint density at radius 3 is 2.81 bits per heavy atom. The van der Waals surface area contributed by atoms with Crippen molar-refractivity contribution >= 4 is 10.8 Å². The van der Waals surface area contributed by atoms with Crippen LogP contribution in [0.5, 0.6) is 0 Å². The molecular weight excluding hydrogens is 256 g/mol. The molecule has 21 heavy (non-hydrogen) atoms. The second-order valence-electron chi connectivity index (χ2n) is 6.53. The average molecular weight is 282 g/mol. The van der Waals surface area contributed by atoms with Crippen molar-refractivity contribution in [3.05, 3.63) is 48.0 Å². The van der Waals surface area contributed by atoms with Gasteiger partial charge in [-0.1, -0.05) is 56.3 Å². The van der Waals surface area contributed by atoms with Gasteiger partial charge in [-0.15, -0.1) is 0 Å². The van der Waals surface area contributed by atoms with Gasteiger partial charge in [0.25, 0.3) is 0 Å². The van der Waals surface area contributed by atoms with Crippen LogP contribution in [0.3, 0.4) is 0 Å². The zero-order valence-electron chi connectivity index (χ0n) is 13.2. The highest BCUT2D eigenvalue weighted by Gasteiger charge is 2.20. The van der Waals surface area contributed by atoms with Crippen LogP contribution in [0.25, 0.3) is 10.8 Å². The third-order valence-corrected chi connectivity index (χ3v) is 4.35. The van der Waals surface area contributed by atoms with Crippen molar-refractivity contribution in [1.29, 1.82) is 0 Å². The molecule has 2 heteroatoms. The maximum Gasteiger partial charge on any atom is 0.0240 e. The Kier molecular flexibility index (Phi) is 4.57. The Morgan fingerprint density at radius 2 is 1.95 bits per heavy atom. The summed E-state index contributed by atoms with van der Waals surface area (Å²) in [5.74, 6) is 0. The first kappa shape index (κ1) is 14.6. The predicted octanol–water partition coefficient (Wildman–Crippen LogP) is 3.80. The van der Waals surface area contributed by atoms with Crippen LogP contribution < -0.4 is 5.32 Å². The van der Waals surface area contributed by atoms with Gasteiger partial charge in [0.2, 0.25) is 0 Å². The number of likely N-dealkylation sites (tertiary alicyclic amines) is 1. The van der Waals surface area contributed by atoms with Crippen molar-refractivity contribution in [3.8, 4) is 0 Å². The minimum absolute atomic E-state index is 0.576. The Morgan fingerprint density at radius 1 is 1.14 bits per heavy atom. The van der Waals surface area contributed by atoms with E-state index in [-0.39, 0.29) is 0 Å². The van der Waals surface area contributed by atoms with Crippen molar-refractivity contribution in [1.82, 2.24) is 10.2 Å². The predicted molar refractivity (Wildman–Crippen MR) is 90.5 cm³/mol. The molecule has 1 aliphatic heterocycles. The number of hydrogen-bond acceptors (Lipinski definition) is 2. The van der Waals surface area contributed by atoms with E-state index in [1.54, 1.807) is 0 Å². The number of piperidine rings is 1. The molecule has 1 N–H and O–H groups in total. The van der Waals surface area contributed by atoms with Crippen molar-refractivity contribution in [2.45, 2.75) is 45.3 Å². The molecule has 2 nitrogen and oxygen atoms in total. The largest absolute Gasteiger partial charge is 0.311 e. The lowest BCUT2D eigenvalue weighted by Gasteiger charge is -2.34. The molecule has 1 aliphatic rings. The van der Waals surface area contributed by atoms with Gasteiger partial charge >= 0.3 is 0 Å². The molecule has 1 saturated heterocycles. The maximum atomic E-state index is 3.69. The molecule has 1 unspecified atom stereocenters. The summed E-state index contributed by atoms with van der Waals surface area (Å²) in [5, 5.41) is 6.45. The molecule has 0 bridgehead atoms. The van der Waals surface area contributed by atoms with Crippen molar-refractivity contribution < 1.29 is 0 Å². The molecule has 2 aromatic carbocycles. The highest BCUT2D eigenvalue weighted by atomic mass is 15.2. The summed E-state index contributed by atoms with van der Waals surface area (Å²) >= 11 is 0. The van der Waals surface area contributed by atoms with Gasteiger partial charge in [0, 0.05) is 25.2 Å². The van der Waals surface area contributed by atoms with E-state index in [1.807, 2.05) is 0 Å². The quantitative estimate of drug-likeness (QED) is 0.917. The van der Waals surface area contributed by atoms with E-state index in [0.29, 0.717) is 12.1 Å². The molecule has 0 amide bonds. The number of nitrogens with one attached hydrogen (secondary N) is 1.